The van der Waals surface area contributed by atoms with Crippen LogP contribution in [0.1, 0.15) is 271 Å². The van der Waals surface area contributed by atoms with Crippen molar-refractivity contribution in [3.05, 3.63) is 182 Å². The van der Waals surface area contributed by atoms with Crippen LogP contribution in [0.3, 0.4) is 0 Å². The van der Waals surface area contributed by atoms with Gasteiger partial charge in [-0.1, -0.05) is 305 Å². The zero-order valence-corrected chi connectivity index (χ0v) is 59.8. The first-order valence-electron chi connectivity index (χ1n) is 36.9. The number of allylic oxidation sites excluding steroid dienone is 30. The third-order valence-electron chi connectivity index (χ3n) is 15.2. The van der Waals surface area contributed by atoms with E-state index in [1.807, 2.05) is 21.1 Å². The van der Waals surface area contributed by atoms with Gasteiger partial charge in [0.15, 0.2) is 6.10 Å². The molecule has 93 heavy (non-hydrogen) atoms. The average Bonchev–Trinajstić information content (AvgIpc) is 3.38. The Hall–Kier alpha value is -5.61. The van der Waals surface area contributed by atoms with Crippen LogP contribution in [0.4, 0.5) is 0 Å². The number of hydrogen-bond donors (Lipinski definition) is 1. The predicted octanol–water partition coefficient (Wildman–Crippen LogP) is 23.6. The van der Waals surface area contributed by atoms with E-state index >= 15 is 0 Å². The van der Waals surface area contributed by atoms with Crippen molar-refractivity contribution in [2.45, 2.75) is 283 Å². The van der Waals surface area contributed by atoms with E-state index in [0.29, 0.717) is 17.4 Å². The highest BCUT2D eigenvalue weighted by Gasteiger charge is 2.25. The van der Waals surface area contributed by atoms with Gasteiger partial charge < -0.3 is 28.5 Å². The number of carbonyl (C=O) groups is 3. The lowest BCUT2D eigenvalue weighted by molar-refractivity contribution is -0.870. The van der Waals surface area contributed by atoms with Crippen molar-refractivity contribution in [3.63, 3.8) is 0 Å². The van der Waals surface area contributed by atoms with Gasteiger partial charge in [0, 0.05) is 12.8 Å². The van der Waals surface area contributed by atoms with Crippen LogP contribution in [0.25, 0.3) is 0 Å². The topological polar surface area (TPSA) is 108 Å². The molecular weight excluding hydrogens is 1150 g/mol. The smallest absolute Gasteiger partial charge is 0.361 e. The Kier molecular flexibility index (Phi) is 67.9. The summed E-state index contributed by atoms with van der Waals surface area (Å²) in [7, 11) is 5.96. The summed E-state index contributed by atoms with van der Waals surface area (Å²) in [4.78, 5) is 37.7. The number of quaternary nitrogens is 1. The normalized spacial score (nSPS) is 13.8. The van der Waals surface area contributed by atoms with Crippen LogP contribution in [0.5, 0.6) is 0 Å². The number of aliphatic carboxylic acids is 1. The molecule has 1 N–H and O–H groups in total. The van der Waals surface area contributed by atoms with Gasteiger partial charge in [0.25, 0.3) is 6.29 Å². The molecule has 0 saturated heterocycles. The third kappa shape index (κ3) is 73.7. The van der Waals surface area contributed by atoms with E-state index in [-0.39, 0.29) is 38.6 Å². The molecule has 0 radical (unpaired) electrons. The Morgan fingerprint density at radius 3 is 0.860 bits per heavy atom. The minimum absolute atomic E-state index is 0.177. The van der Waals surface area contributed by atoms with E-state index in [1.54, 1.807) is 0 Å². The zero-order valence-electron chi connectivity index (χ0n) is 59.8. The van der Waals surface area contributed by atoms with Gasteiger partial charge in [-0.15, -0.1) is 0 Å². The number of carbonyl (C=O) groups excluding carboxylic acids is 2. The molecule has 0 spiro atoms. The number of unbranched alkanes of at least 4 members (excludes halogenated alkanes) is 21. The van der Waals surface area contributed by atoms with Gasteiger partial charge in [0.05, 0.1) is 34.4 Å². The summed E-state index contributed by atoms with van der Waals surface area (Å²) in [6, 6.07) is 0. The monoisotopic (exact) mass is 1290 g/mol. The van der Waals surface area contributed by atoms with Crippen LogP contribution >= 0.6 is 0 Å². The second-order valence-electron chi connectivity index (χ2n) is 25.1. The molecule has 9 heteroatoms. The summed E-state index contributed by atoms with van der Waals surface area (Å²) >= 11 is 0. The molecule has 0 fully saturated rings. The number of rotatable bonds is 66. The Labute approximate surface area is 570 Å². The minimum atomic E-state index is -1.53. The standard InChI is InChI=1S/C84H135NO8/c1-6-8-10-12-14-16-18-20-22-24-26-28-30-32-34-35-36-37-38-39-40-41-42-43-44-45-46-47-49-51-53-55-57-59-61-63-65-67-69-71-73-75-82(87)93-80(79-92-84(83(88)89)90-77-76-85(3,4)5)78-91-81(86)74-72-70-68-66-64-62-60-58-56-54-52-50-48-33-31-29-27-25-23-21-19-17-15-13-11-9-7-2/h8-11,14-17,20-23,26-29,32,34,36-37,39-40,42-43,45-46,49,51,55,57,80,84H,6-7,12-13,18-19,24-25,30-31,33,35,38,41,44,47-48,50,52-54,56,58-79H2,1-5H3/p+1/b10-8-,11-9-,16-14-,17-15-,22-20-,23-21-,28-26-,29-27-,34-32-,37-36-,40-39-,43-42-,46-45-,51-49-,57-55-. The average molecular weight is 1290 g/mol. The largest absolute Gasteiger partial charge is 0.477 e. The van der Waals surface area contributed by atoms with Crippen molar-refractivity contribution >= 4 is 17.9 Å². The Morgan fingerprint density at radius 1 is 0.323 bits per heavy atom. The summed E-state index contributed by atoms with van der Waals surface area (Å²) in [6.07, 6.45) is 107. The molecule has 0 aliphatic rings. The van der Waals surface area contributed by atoms with Crippen LogP contribution < -0.4 is 0 Å². The highest BCUT2D eigenvalue weighted by Crippen LogP contribution is 2.16. The molecule has 0 aromatic heterocycles. The number of ether oxygens (including phenoxy) is 4. The van der Waals surface area contributed by atoms with Gasteiger partial charge in [-0.25, -0.2) is 4.79 Å². The number of nitrogens with zero attached hydrogens (tertiary/aromatic N) is 1. The van der Waals surface area contributed by atoms with E-state index in [0.717, 1.165) is 141 Å². The van der Waals surface area contributed by atoms with Crippen LogP contribution in [0.15, 0.2) is 182 Å². The lowest BCUT2D eigenvalue weighted by Gasteiger charge is -2.25. The van der Waals surface area contributed by atoms with E-state index in [4.69, 9.17) is 18.9 Å². The van der Waals surface area contributed by atoms with Gasteiger partial charge in [-0.3, -0.25) is 9.59 Å². The van der Waals surface area contributed by atoms with Crippen molar-refractivity contribution in [2.24, 2.45) is 0 Å². The zero-order chi connectivity index (χ0) is 67.5. The third-order valence-corrected chi connectivity index (χ3v) is 15.2. The predicted molar refractivity (Wildman–Crippen MR) is 400 cm³/mol. The van der Waals surface area contributed by atoms with Crippen molar-refractivity contribution in [1.82, 2.24) is 0 Å². The second-order valence-corrected chi connectivity index (χ2v) is 25.1. The SMILES string of the molecule is CC/C=C\C/C=C\C/C=C\C/C=C\C/C=C\C/C=C\C/C=C\C/C=C\C/C=C\C/C=C\C/C=C\CCCCCCCCCC(=O)OC(COC(=O)CCCCCCCCCCCCCCCC/C=C\C/C=C\C/C=C\C/C=C\CC)COC(OCC[N+](C)(C)C)C(=O)O. The van der Waals surface area contributed by atoms with Crippen LogP contribution in [0, 0.1) is 0 Å². The molecule has 524 valence electrons. The summed E-state index contributed by atoms with van der Waals surface area (Å²) in [5, 5.41) is 9.76. The summed E-state index contributed by atoms with van der Waals surface area (Å²) in [5.74, 6) is -2.03. The fourth-order valence-electron chi connectivity index (χ4n) is 9.60. The molecule has 0 rings (SSSR count). The van der Waals surface area contributed by atoms with Crippen molar-refractivity contribution in [3.8, 4) is 0 Å². The summed E-state index contributed by atoms with van der Waals surface area (Å²) in [6.45, 7) is 4.63. The molecule has 0 aromatic rings. The lowest BCUT2D eigenvalue weighted by Crippen LogP contribution is -2.40. The fraction of sp³-hybridized carbons (Fsp3) is 0.607. The minimum Gasteiger partial charge on any atom is -0.477 e. The lowest BCUT2D eigenvalue weighted by atomic mass is 10.0. The van der Waals surface area contributed by atoms with Crippen LogP contribution in [-0.2, 0) is 33.3 Å². The Bertz CT molecular complexity index is 2190. The molecule has 0 aromatic carbocycles. The van der Waals surface area contributed by atoms with Crippen molar-refractivity contribution < 1.29 is 42.9 Å². The number of likely N-dealkylation sites (N-methyl/N-ethyl adjacent to an activating group) is 1. The fourth-order valence-corrected chi connectivity index (χ4v) is 9.60. The van der Waals surface area contributed by atoms with Crippen molar-refractivity contribution in [1.29, 1.82) is 0 Å². The highest BCUT2D eigenvalue weighted by atomic mass is 16.7. The molecular formula is C84H136NO8+. The van der Waals surface area contributed by atoms with Gasteiger partial charge in [0.2, 0.25) is 0 Å². The van der Waals surface area contributed by atoms with Gasteiger partial charge >= 0.3 is 17.9 Å². The van der Waals surface area contributed by atoms with E-state index in [2.05, 4.69) is 196 Å². The summed E-state index contributed by atoms with van der Waals surface area (Å²) in [5.41, 5.74) is 0. The Morgan fingerprint density at radius 2 is 0.581 bits per heavy atom. The van der Waals surface area contributed by atoms with Gasteiger partial charge in [-0.05, 0) is 135 Å². The van der Waals surface area contributed by atoms with E-state index in [9.17, 15) is 19.5 Å². The molecule has 0 bridgehead atoms. The van der Waals surface area contributed by atoms with Crippen LogP contribution in [-0.4, -0.2) is 87.4 Å². The van der Waals surface area contributed by atoms with E-state index in [1.165, 1.54) is 96.3 Å². The first-order valence-corrected chi connectivity index (χ1v) is 36.9. The summed E-state index contributed by atoms with van der Waals surface area (Å²) < 4.78 is 23.0. The maximum Gasteiger partial charge on any atom is 0.361 e. The maximum absolute atomic E-state index is 13.0. The number of esters is 2. The molecule has 0 saturated carbocycles. The molecule has 0 heterocycles. The number of hydrogen-bond acceptors (Lipinski definition) is 7. The van der Waals surface area contributed by atoms with Crippen LogP contribution in [0.2, 0.25) is 0 Å². The van der Waals surface area contributed by atoms with E-state index < -0.39 is 24.3 Å². The molecule has 2 atom stereocenters. The Balaban J connectivity index is 4.18. The first kappa shape index (κ1) is 87.4. The molecule has 2 unspecified atom stereocenters. The molecule has 9 nitrogen and oxygen atoms in total. The quantitative estimate of drug-likeness (QED) is 0.0211. The van der Waals surface area contributed by atoms with Gasteiger partial charge in [-0.2, -0.15) is 0 Å². The molecule has 0 aliphatic heterocycles. The van der Waals surface area contributed by atoms with Crippen molar-refractivity contribution in [2.75, 3.05) is 47.5 Å². The maximum atomic E-state index is 13.0. The second kappa shape index (κ2) is 72.2. The molecule has 0 amide bonds. The number of carboxylic acids is 1. The van der Waals surface area contributed by atoms with Gasteiger partial charge in [0.1, 0.15) is 13.2 Å². The highest BCUT2D eigenvalue weighted by molar-refractivity contribution is 5.71. The number of carboxylic acid groups (broad SMARTS) is 1. The molecule has 0 aliphatic carbocycles. The first-order chi connectivity index (χ1) is 45.6.